The van der Waals surface area contributed by atoms with Crippen LogP contribution in [-0.4, -0.2) is 16.9 Å². The molecular weight excluding hydrogens is 249 g/mol. The van der Waals surface area contributed by atoms with Crippen LogP contribution in [0.5, 0.6) is 0 Å². The zero-order valence-electron chi connectivity index (χ0n) is 9.71. The van der Waals surface area contributed by atoms with Gasteiger partial charge in [0.1, 0.15) is 0 Å². The normalized spacial score (nSPS) is 14.1. The van der Waals surface area contributed by atoms with Crippen molar-refractivity contribution in [3.63, 3.8) is 0 Å². The monoisotopic (exact) mass is 260 g/mol. The van der Waals surface area contributed by atoms with Gasteiger partial charge in [-0.3, -0.25) is 9.59 Å². The number of rotatable bonds is 4. The molecule has 0 aliphatic rings. The minimum Gasteiger partial charge on any atom is -0.481 e. The lowest BCUT2D eigenvalue weighted by molar-refractivity contribution is -0.142. The third-order valence-corrected chi connectivity index (χ3v) is 2.82. The van der Waals surface area contributed by atoms with Crippen molar-refractivity contribution in [2.45, 2.75) is 13.8 Å². The van der Waals surface area contributed by atoms with Crippen LogP contribution in [0.2, 0.25) is 0 Å². The molecule has 1 rings (SSSR count). The second-order valence-corrected chi connectivity index (χ2v) is 4.03. The Balaban J connectivity index is 3.08. The number of carboxylic acids is 1. The molecule has 0 spiro atoms. The quantitative estimate of drug-likeness (QED) is 0.668. The molecule has 2 atom stereocenters. The van der Waals surface area contributed by atoms with Crippen molar-refractivity contribution >= 4 is 11.8 Å². The fourth-order valence-corrected chi connectivity index (χ4v) is 1.40. The highest BCUT2D eigenvalue weighted by molar-refractivity contribution is 5.99. The molecule has 0 heterocycles. The third-order valence-electron chi connectivity index (χ3n) is 2.82. The maximum atomic E-state index is 12.9. The summed E-state index contributed by atoms with van der Waals surface area (Å²) in [6.45, 7) is 2.64. The fourth-order valence-electron chi connectivity index (χ4n) is 1.40. The summed E-state index contributed by atoms with van der Waals surface area (Å²) in [6.07, 6.45) is 0. The van der Waals surface area contributed by atoms with E-state index in [0.717, 1.165) is 0 Å². The summed E-state index contributed by atoms with van der Waals surface area (Å²) in [5.74, 6) is -8.53. The van der Waals surface area contributed by atoms with E-state index in [1.165, 1.54) is 13.8 Å². The molecule has 6 heteroatoms. The molecular formula is C12H11F3O3. The molecule has 0 amide bonds. The Labute approximate surface area is 101 Å². The van der Waals surface area contributed by atoms with Gasteiger partial charge in [-0.1, -0.05) is 13.8 Å². The number of ketones is 1. The van der Waals surface area contributed by atoms with Crippen molar-refractivity contribution in [1.82, 2.24) is 0 Å². The summed E-state index contributed by atoms with van der Waals surface area (Å²) in [4.78, 5) is 22.5. The lowest BCUT2D eigenvalue weighted by Crippen LogP contribution is -2.25. The van der Waals surface area contributed by atoms with Crippen LogP contribution in [0.15, 0.2) is 12.1 Å². The lowest BCUT2D eigenvalue weighted by atomic mass is 9.88. The molecule has 18 heavy (non-hydrogen) atoms. The van der Waals surface area contributed by atoms with E-state index in [9.17, 15) is 22.8 Å². The summed E-state index contributed by atoms with van der Waals surface area (Å²) in [5, 5.41) is 8.74. The van der Waals surface area contributed by atoms with Gasteiger partial charge in [0.05, 0.1) is 5.92 Å². The highest BCUT2D eigenvalue weighted by Gasteiger charge is 2.27. The van der Waals surface area contributed by atoms with Crippen molar-refractivity contribution in [3.8, 4) is 0 Å². The zero-order chi connectivity index (χ0) is 14.0. The minimum atomic E-state index is -1.66. The first-order valence-electron chi connectivity index (χ1n) is 5.17. The molecule has 0 bridgehead atoms. The Morgan fingerprint density at radius 3 is 1.89 bits per heavy atom. The number of hydrogen-bond donors (Lipinski definition) is 1. The van der Waals surface area contributed by atoms with Crippen molar-refractivity contribution < 1.29 is 27.9 Å². The van der Waals surface area contributed by atoms with E-state index in [-0.39, 0.29) is 5.56 Å². The number of halogens is 3. The highest BCUT2D eigenvalue weighted by atomic mass is 19.2. The summed E-state index contributed by atoms with van der Waals surface area (Å²) < 4.78 is 38.6. The molecule has 2 unspecified atom stereocenters. The zero-order valence-corrected chi connectivity index (χ0v) is 9.71. The van der Waals surface area contributed by atoms with Crippen LogP contribution in [0.1, 0.15) is 24.2 Å². The van der Waals surface area contributed by atoms with E-state index in [2.05, 4.69) is 0 Å². The largest absolute Gasteiger partial charge is 0.481 e. The fraction of sp³-hybridized carbons (Fsp3) is 0.333. The number of Topliss-reactive ketones (excluding diaryl/α,β-unsaturated/α-hetero) is 1. The Hall–Kier alpha value is -1.85. The Morgan fingerprint density at radius 2 is 1.50 bits per heavy atom. The van der Waals surface area contributed by atoms with Crippen LogP contribution in [0, 0.1) is 29.3 Å². The van der Waals surface area contributed by atoms with Gasteiger partial charge in [-0.2, -0.15) is 0 Å². The predicted octanol–water partition coefficient (Wildman–Crippen LogP) is 2.64. The van der Waals surface area contributed by atoms with Gasteiger partial charge in [0.15, 0.2) is 23.2 Å². The number of carbonyl (C=O) groups is 2. The van der Waals surface area contributed by atoms with Gasteiger partial charge in [-0.05, 0) is 12.1 Å². The van der Waals surface area contributed by atoms with E-state index in [0.29, 0.717) is 12.1 Å². The van der Waals surface area contributed by atoms with Crippen LogP contribution >= 0.6 is 0 Å². The molecule has 3 nitrogen and oxygen atoms in total. The van der Waals surface area contributed by atoms with E-state index < -0.39 is 41.0 Å². The lowest BCUT2D eigenvalue weighted by Gasteiger charge is -2.14. The average molecular weight is 260 g/mol. The topological polar surface area (TPSA) is 54.4 Å². The summed E-state index contributed by atoms with van der Waals surface area (Å²) in [6, 6.07) is 1.12. The van der Waals surface area contributed by atoms with Gasteiger partial charge in [-0.25, -0.2) is 13.2 Å². The minimum absolute atomic E-state index is 0.382. The van der Waals surface area contributed by atoms with Gasteiger partial charge in [0, 0.05) is 11.5 Å². The summed E-state index contributed by atoms with van der Waals surface area (Å²) in [5.41, 5.74) is -0.382. The molecule has 0 aromatic heterocycles. The number of carboxylic acid groups (broad SMARTS) is 1. The van der Waals surface area contributed by atoms with E-state index in [4.69, 9.17) is 5.11 Å². The van der Waals surface area contributed by atoms with Gasteiger partial charge >= 0.3 is 5.97 Å². The molecule has 1 N–H and O–H groups in total. The van der Waals surface area contributed by atoms with Gasteiger partial charge in [0.25, 0.3) is 0 Å². The van der Waals surface area contributed by atoms with Crippen LogP contribution in [0.25, 0.3) is 0 Å². The maximum Gasteiger partial charge on any atom is 0.306 e. The van der Waals surface area contributed by atoms with Crippen LogP contribution in [0.3, 0.4) is 0 Å². The molecule has 0 saturated carbocycles. The van der Waals surface area contributed by atoms with E-state index >= 15 is 0 Å². The van der Waals surface area contributed by atoms with Gasteiger partial charge in [0.2, 0.25) is 0 Å². The molecule has 0 radical (unpaired) electrons. The number of carbonyl (C=O) groups excluding carboxylic acids is 1. The molecule has 1 aromatic carbocycles. The van der Waals surface area contributed by atoms with Gasteiger partial charge in [-0.15, -0.1) is 0 Å². The molecule has 0 aliphatic heterocycles. The van der Waals surface area contributed by atoms with Crippen molar-refractivity contribution in [2.75, 3.05) is 0 Å². The second kappa shape index (κ2) is 5.20. The van der Waals surface area contributed by atoms with E-state index in [1.54, 1.807) is 0 Å². The smallest absolute Gasteiger partial charge is 0.306 e. The van der Waals surface area contributed by atoms with Crippen LogP contribution < -0.4 is 0 Å². The Kier molecular flexibility index (Phi) is 4.11. The van der Waals surface area contributed by atoms with Gasteiger partial charge < -0.3 is 5.11 Å². The first-order chi connectivity index (χ1) is 8.25. The summed E-state index contributed by atoms with van der Waals surface area (Å²) >= 11 is 0. The standard InChI is InChI=1S/C12H11F3O3/c1-5(6(2)12(17)18)11(16)7-3-8(13)10(15)9(14)4-7/h3-6H,1-2H3,(H,17,18). The SMILES string of the molecule is CC(C(=O)O)C(C)C(=O)c1cc(F)c(F)c(F)c1. The second-order valence-electron chi connectivity index (χ2n) is 4.03. The molecule has 1 aromatic rings. The number of benzene rings is 1. The molecule has 0 saturated heterocycles. The molecule has 0 aliphatic carbocycles. The van der Waals surface area contributed by atoms with Crippen molar-refractivity contribution in [2.24, 2.45) is 11.8 Å². The molecule has 98 valence electrons. The first-order valence-corrected chi connectivity index (χ1v) is 5.17. The molecule has 0 fully saturated rings. The average Bonchev–Trinajstić information content (AvgIpc) is 2.32. The van der Waals surface area contributed by atoms with Crippen molar-refractivity contribution in [1.29, 1.82) is 0 Å². The Bertz CT molecular complexity index is 476. The third kappa shape index (κ3) is 2.69. The van der Waals surface area contributed by atoms with Crippen molar-refractivity contribution in [3.05, 3.63) is 35.1 Å². The maximum absolute atomic E-state index is 12.9. The van der Waals surface area contributed by atoms with E-state index in [1.807, 2.05) is 0 Å². The number of aliphatic carboxylic acids is 1. The summed E-state index contributed by atoms with van der Waals surface area (Å²) in [7, 11) is 0. The van der Waals surface area contributed by atoms with Crippen LogP contribution in [0.4, 0.5) is 13.2 Å². The predicted molar refractivity (Wildman–Crippen MR) is 56.6 cm³/mol. The van der Waals surface area contributed by atoms with Crippen LogP contribution in [-0.2, 0) is 4.79 Å². The first kappa shape index (κ1) is 14.2. The Morgan fingerprint density at radius 1 is 1.06 bits per heavy atom. The number of hydrogen-bond acceptors (Lipinski definition) is 2. The highest BCUT2D eigenvalue weighted by Crippen LogP contribution is 2.20.